The summed E-state index contributed by atoms with van der Waals surface area (Å²) in [7, 11) is 0. The van der Waals surface area contributed by atoms with Crippen LogP contribution < -0.4 is 5.32 Å². The number of hydrogen-bond acceptors (Lipinski definition) is 3. The van der Waals surface area contributed by atoms with Gasteiger partial charge in [-0.05, 0) is 43.5 Å². The summed E-state index contributed by atoms with van der Waals surface area (Å²) >= 11 is 0. The molecule has 0 radical (unpaired) electrons. The van der Waals surface area contributed by atoms with Crippen LogP contribution in [-0.2, 0) is 6.54 Å². The van der Waals surface area contributed by atoms with Crippen LogP contribution in [0.3, 0.4) is 0 Å². The average molecular weight is 372 g/mol. The maximum Gasteiger partial charge on any atom is 0.256 e. The van der Waals surface area contributed by atoms with Gasteiger partial charge in [0.2, 0.25) is 0 Å². The smallest absolute Gasteiger partial charge is 0.256 e. The molecular formula is C23H24N4O. The third-order valence-corrected chi connectivity index (χ3v) is 4.83. The van der Waals surface area contributed by atoms with Crippen LogP contribution in [0.15, 0.2) is 48.5 Å². The second-order valence-electron chi connectivity index (χ2n) is 7.75. The lowest BCUT2D eigenvalue weighted by Gasteiger charge is -2.06. The van der Waals surface area contributed by atoms with Crippen molar-refractivity contribution in [2.24, 2.45) is 5.92 Å². The highest BCUT2D eigenvalue weighted by Gasteiger charge is 2.17. The van der Waals surface area contributed by atoms with Crippen molar-refractivity contribution >= 4 is 33.7 Å². The molecule has 28 heavy (non-hydrogen) atoms. The van der Waals surface area contributed by atoms with E-state index in [9.17, 15) is 4.79 Å². The Morgan fingerprint density at radius 3 is 2.57 bits per heavy atom. The molecule has 1 amide bonds. The van der Waals surface area contributed by atoms with E-state index in [0.717, 1.165) is 39.6 Å². The van der Waals surface area contributed by atoms with Crippen LogP contribution in [0.2, 0.25) is 0 Å². The first-order valence-corrected chi connectivity index (χ1v) is 9.57. The highest BCUT2D eigenvalue weighted by molar-refractivity contribution is 6.09. The topological polar surface area (TPSA) is 59.8 Å². The number of nitrogens with zero attached hydrogens (tertiary/aromatic N) is 3. The number of pyridine rings is 1. The Labute approximate surface area is 164 Å². The second-order valence-corrected chi connectivity index (χ2v) is 7.75. The van der Waals surface area contributed by atoms with E-state index in [2.05, 4.69) is 43.3 Å². The van der Waals surface area contributed by atoms with Crippen molar-refractivity contribution in [3.8, 4) is 0 Å². The fraction of sp³-hybridized carbons (Fsp3) is 0.261. The van der Waals surface area contributed by atoms with E-state index in [0.29, 0.717) is 17.3 Å². The van der Waals surface area contributed by atoms with Gasteiger partial charge < -0.3 is 5.32 Å². The molecule has 142 valence electrons. The number of aryl methyl sites for hydroxylation is 2. The summed E-state index contributed by atoms with van der Waals surface area (Å²) in [5.41, 5.74) is 4.63. The van der Waals surface area contributed by atoms with E-state index in [4.69, 9.17) is 4.98 Å². The van der Waals surface area contributed by atoms with Crippen LogP contribution in [-0.4, -0.2) is 20.7 Å². The number of para-hydroxylation sites is 1. The lowest BCUT2D eigenvalue weighted by molar-refractivity contribution is 0.102. The molecule has 0 bridgehead atoms. The van der Waals surface area contributed by atoms with Crippen LogP contribution in [0.25, 0.3) is 21.9 Å². The number of anilines is 1. The summed E-state index contributed by atoms with van der Waals surface area (Å²) in [6.45, 7) is 9.09. The summed E-state index contributed by atoms with van der Waals surface area (Å²) < 4.78 is 1.90. The molecule has 2 aromatic heterocycles. The number of aromatic nitrogens is 3. The molecule has 0 saturated heterocycles. The van der Waals surface area contributed by atoms with Gasteiger partial charge in [0.05, 0.1) is 10.9 Å². The summed E-state index contributed by atoms with van der Waals surface area (Å²) in [5.74, 6) is 0.802. The molecule has 0 fully saturated rings. The van der Waals surface area contributed by atoms with Crippen LogP contribution in [0.4, 0.5) is 5.82 Å². The summed E-state index contributed by atoms with van der Waals surface area (Å²) in [5, 5.41) is 9.57. The Bertz CT molecular complexity index is 1170. The average Bonchev–Trinajstić information content (AvgIpc) is 2.97. The summed E-state index contributed by atoms with van der Waals surface area (Å²) in [6.07, 6.45) is 0. The predicted molar refractivity (Wildman–Crippen MR) is 114 cm³/mol. The van der Waals surface area contributed by atoms with Gasteiger partial charge in [-0.25, -0.2) is 9.67 Å². The number of carbonyl (C=O) groups is 1. The Kier molecular flexibility index (Phi) is 4.59. The predicted octanol–water partition coefficient (Wildman–Crippen LogP) is 5.11. The molecule has 5 heteroatoms. The molecule has 0 aliphatic rings. The Hall–Kier alpha value is -3.21. The molecule has 4 aromatic rings. The van der Waals surface area contributed by atoms with Crippen LogP contribution in [0, 0.1) is 19.8 Å². The molecule has 0 spiro atoms. The number of carbonyl (C=O) groups excluding carboxylic acids is 1. The molecule has 4 rings (SSSR count). The van der Waals surface area contributed by atoms with Gasteiger partial charge in [-0.1, -0.05) is 49.7 Å². The fourth-order valence-electron chi connectivity index (χ4n) is 3.38. The summed E-state index contributed by atoms with van der Waals surface area (Å²) in [4.78, 5) is 17.6. The third kappa shape index (κ3) is 3.36. The lowest BCUT2D eigenvalue weighted by Crippen LogP contribution is -2.13. The van der Waals surface area contributed by atoms with Gasteiger partial charge >= 0.3 is 0 Å². The molecular weight excluding hydrogens is 348 g/mol. The molecule has 0 atom stereocenters. The molecule has 0 aliphatic carbocycles. The zero-order valence-electron chi connectivity index (χ0n) is 16.7. The normalized spacial score (nSPS) is 11.5. The van der Waals surface area contributed by atoms with Crippen molar-refractivity contribution in [3.63, 3.8) is 0 Å². The minimum Gasteiger partial charge on any atom is -0.305 e. The second kappa shape index (κ2) is 7.08. The van der Waals surface area contributed by atoms with Crippen LogP contribution >= 0.6 is 0 Å². The Balaban J connectivity index is 1.82. The van der Waals surface area contributed by atoms with E-state index >= 15 is 0 Å². The first-order valence-electron chi connectivity index (χ1n) is 9.57. The first kappa shape index (κ1) is 18.2. The minimum atomic E-state index is -0.166. The third-order valence-electron chi connectivity index (χ3n) is 4.83. The number of nitrogens with one attached hydrogen (secondary N) is 1. The van der Waals surface area contributed by atoms with E-state index in [-0.39, 0.29) is 5.91 Å². The molecule has 1 N–H and O–H groups in total. The molecule has 0 unspecified atom stereocenters. The zero-order chi connectivity index (χ0) is 19.8. The van der Waals surface area contributed by atoms with Gasteiger partial charge in [0, 0.05) is 17.5 Å². The van der Waals surface area contributed by atoms with Crippen molar-refractivity contribution in [1.82, 2.24) is 14.8 Å². The number of amides is 1. The number of fused-ring (bicyclic) bond motifs is 2. The SMILES string of the molecule is Cc1ccc(C(=O)Nc2nn(CC(C)C)c3nc4c(C)cccc4cc23)cc1. The minimum absolute atomic E-state index is 0.166. The van der Waals surface area contributed by atoms with Gasteiger partial charge in [0.1, 0.15) is 0 Å². The van der Waals surface area contributed by atoms with E-state index in [1.165, 1.54) is 0 Å². The summed E-state index contributed by atoms with van der Waals surface area (Å²) in [6, 6.07) is 15.7. The van der Waals surface area contributed by atoms with Crippen LogP contribution in [0.1, 0.15) is 35.3 Å². The lowest BCUT2D eigenvalue weighted by atomic mass is 10.1. The van der Waals surface area contributed by atoms with Gasteiger partial charge in [0.25, 0.3) is 5.91 Å². The van der Waals surface area contributed by atoms with Crippen molar-refractivity contribution in [3.05, 3.63) is 65.2 Å². The Morgan fingerprint density at radius 1 is 1.11 bits per heavy atom. The zero-order valence-corrected chi connectivity index (χ0v) is 16.7. The van der Waals surface area contributed by atoms with Crippen molar-refractivity contribution in [2.75, 3.05) is 5.32 Å². The van der Waals surface area contributed by atoms with E-state index in [1.54, 1.807) is 0 Å². The van der Waals surface area contributed by atoms with Gasteiger partial charge in [-0.2, -0.15) is 5.10 Å². The van der Waals surface area contributed by atoms with Crippen molar-refractivity contribution < 1.29 is 4.79 Å². The fourth-order valence-corrected chi connectivity index (χ4v) is 3.38. The first-order chi connectivity index (χ1) is 13.4. The van der Waals surface area contributed by atoms with Crippen molar-refractivity contribution in [1.29, 1.82) is 0 Å². The van der Waals surface area contributed by atoms with Gasteiger partial charge in [-0.3, -0.25) is 4.79 Å². The van der Waals surface area contributed by atoms with Crippen molar-refractivity contribution in [2.45, 2.75) is 34.2 Å². The highest BCUT2D eigenvalue weighted by Crippen LogP contribution is 2.28. The van der Waals surface area contributed by atoms with E-state index in [1.807, 2.05) is 48.0 Å². The monoisotopic (exact) mass is 372 g/mol. The molecule has 5 nitrogen and oxygen atoms in total. The van der Waals surface area contributed by atoms with Gasteiger partial charge in [0.15, 0.2) is 11.5 Å². The molecule has 0 saturated carbocycles. The van der Waals surface area contributed by atoms with E-state index < -0.39 is 0 Å². The van der Waals surface area contributed by atoms with Crippen LogP contribution in [0.5, 0.6) is 0 Å². The quantitative estimate of drug-likeness (QED) is 0.541. The molecule has 2 heterocycles. The Morgan fingerprint density at radius 2 is 1.86 bits per heavy atom. The largest absolute Gasteiger partial charge is 0.305 e. The number of benzene rings is 2. The maximum atomic E-state index is 12.7. The highest BCUT2D eigenvalue weighted by atomic mass is 16.1. The molecule has 0 aliphatic heterocycles. The maximum absolute atomic E-state index is 12.7. The number of hydrogen-bond donors (Lipinski definition) is 1. The van der Waals surface area contributed by atoms with Gasteiger partial charge in [-0.15, -0.1) is 0 Å². The standard InChI is InChI=1S/C23H24N4O/c1-14(2)13-27-22-19(12-18-7-5-6-16(4)20(18)24-22)21(26-27)25-23(28)17-10-8-15(3)9-11-17/h5-12,14H,13H2,1-4H3,(H,25,26,28). The number of rotatable bonds is 4. The molecule has 2 aromatic carbocycles.